The molecule has 1 aliphatic heterocycles. The van der Waals surface area contributed by atoms with Crippen LogP contribution in [0.25, 0.3) is 0 Å². The molecule has 1 heterocycles. The summed E-state index contributed by atoms with van der Waals surface area (Å²) < 4.78 is 5.39. The number of benzene rings is 1. The Morgan fingerprint density at radius 1 is 1.36 bits per heavy atom. The van der Waals surface area contributed by atoms with Crippen LogP contribution in [0.2, 0.25) is 0 Å². The van der Waals surface area contributed by atoms with Crippen molar-refractivity contribution >= 4 is 29.0 Å². The smallest absolute Gasteiger partial charge is 0.338 e. The van der Waals surface area contributed by atoms with Gasteiger partial charge in [0.25, 0.3) is 0 Å². The first-order chi connectivity index (χ1) is 10.3. The fourth-order valence-corrected chi connectivity index (χ4v) is 2.57. The van der Waals surface area contributed by atoms with Crippen molar-refractivity contribution in [3.63, 3.8) is 0 Å². The van der Waals surface area contributed by atoms with E-state index in [1.54, 1.807) is 17.0 Å². The predicted octanol–water partition coefficient (Wildman–Crippen LogP) is 2.36. The molecule has 0 amide bonds. The van der Waals surface area contributed by atoms with E-state index < -0.39 is 0 Å². The Morgan fingerprint density at radius 3 is 2.50 bits per heavy atom. The number of anilines is 1. The van der Waals surface area contributed by atoms with Gasteiger partial charge in [-0.2, -0.15) is 0 Å². The number of rotatable bonds is 3. The summed E-state index contributed by atoms with van der Waals surface area (Å²) in [5.74, 6) is -0.337. The molecule has 0 bridgehead atoms. The highest BCUT2D eigenvalue weighted by Gasteiger charge is 2.33. The molecule has 1 aliphatic rings. The third-order valence-corrected chi connectivity index (χ3v) is 3.98. The highest BCUT2D eigenvalue weighted by atomic mass is 32.1. The van der Waals surface area contributed by atoms with E-state index in [1.807, 2.05) is 40.0 Å². The van der Waals surface area contributed by atoms with Crippen LogP contribution < -0.4 is 11.1 Å². The van der Waals surface area contributed by atoms with Gasteiger partial charge < -0.3 is 20.7 Å². The van der Waals surface area contributed by atoms with E-state index in [1.165, 1.54) is 0 Å². The number of nitrogens with one attached hydrogen (secondary N) is 1. The van der Waals surface area contributed by atoms with Crippen LogP contribution in [0, 0.1) is 0 Å². The van der Waals surface area contributed by atoms with Crippen molar-refractivity contribution < 1.29 is 9.53 Å². The van der Waals surface area contributed by atoms with Gasteiger partial charge in [0, 0.05) is 18.4 Å². The van der Waals surface area contributed by atoms with E-state index in [4.69, 9.17) is 22.7 Å². The molecule has 0 aromatic heterocycles. The molecule has 1 aromatic rings. The summed E-state index contributed by atoms with van der Waals surface area (Å²) in [7, 11) is 1.83. The minimum absolute atomic E-state index is 0.181. The van der Waals surface area contributed by atoms with Crippen molar-refractivity contribution in [1.29, 1.82) is 0 Å². The largest absolute Gasteiger partial charge is 0.459 e. The van der Waals surface area contributed by atoms with Crippen LogP contribution in [0.4, 0.5) is 5.69 Å². The second-order valence-corrected chi connectivity index (χ2v) is 5.95. The zero-order valence-corrected chi connectivity index (χ0v) is 14.0. The number of nitrogens with zero attached hydrogens (tertiary/aromatic N) is 1. The Balaban J connectivity index is 2.47. The molecule has 6 heteroatoms. The standard InChI is InChI=1S/C16H21N3O2S/c1-9(2)21-15(20)13-10(3)19(4)16(22)18-14(13)11-5-7-12(17)8-6-11/h5-9,14H,17H2,1-4H3,(H,18,22)/t14-/m0/s1. The highest BCUT2D eigenvalue weighted by molar-refractivity contribution is 7.80. The summed E-state index contributed by atoms with van der Waals surface area (Å²) in [4.78, 5) is 14.3. The molecule has 0 spiro atoms. The predicted molar refractivity (Wildman–Crippen MR) is 91.0 cm³/mol. The lowest BCUT2D eigenvalue weighted by Gasteiger charge is -2.35. The van der Waals surface area contributed by atoms with Gasteiger partial charge in [0.2, 0.25) is 0 Å². The maximum atomic E-state index is 12.5. The van der Waals surface area contributed by atoms with Crippen molar-refractivity contribution in [1.82, 2.24) is 10.2 Å². The molecule has 5 nitrogen and oxygen atoms in total. The second kappa shape index (κ2) is 6.36. The molecule has 0 saturated heterocycles. The Labute approximate surface area is 136 Å². The van der Waals surface area contributed by atoms with Crippen LogP contribution in [0.3, 0.4) is 0 Å². The number of esters is 1. The number of nitrogens with two attached hydrogens (primary N) is 1. The Kier molecular flexibility index (Phi) is 4.71. The first kappa shape index (κ1) is 16.3. The molecule has 0 unspecified atom stereocenters. The Hall–Kier alpha value is -2.08. The SMILES string of the molecule is CC1=C(C(=O)OC(C)C)[C@H](c2ccc(N)cc2)NC(=S)N1C. The number of nitrogen functional groups attached to an aromatic ring is 1. The third-order valence-electron chi connectivity index (χ3n) is 3.59. The molecule has 0 radical (unpaired) electrons. The Bertz CT molecular complexity index is 623. The van der Waals surface area contributed by atoms with Crippen LogP contribution in [0.5, 0.6) is 0 Å². The number of carbonyl (C=O) groups excluding carboxylic acids is 1. The maximum absolute atomic E-state index is 12.5. The van der Waals surface area contributed by atoms with Gasteiger partial charge in [0.1, 0.15) is 0 Å². The van der Waals surface area contributed by atoms with Gasteiger partial charge in [-0.15, -0.1) is 0 Å². The number of ether oxygens (including phenoxy) is 1. The minimum Gasteiger partial charge on any atom is -0.459 e. The van der Waals surface area contributed by atoms with Crippen LogP contribution in [0.15, 0.2) is 35.5 Å². The van der Waals surface area contributed by atoms with Gasteiger partial charge in [-0.3, -0.25) is 0 Å². The molecule has 22 heavy (non-hydrogen) atoms. The van der Waals surface area contributed by atoms with Gasteiger partial charge >= 0.3 is 5.97 Å². The lowest BCUT2D eigenvalue weighted by atomic mass is 9.95. The highest BCUT2D eigenvalue weighted by Crippen LogP contribution is 2.31. The molecule has 118 valence electrons. The molecular formula is C16H21N3O2S. The quantitative estimate of drug-likeness (QED) is 0.506. The summed E-state index contributed by atoms with van der Waals surface area (Å²) in [5.41, 5.74) is 8.68. The average molecular weight is 319 g/mol. The topological polar surface area (TPSA) is 67.6 Å². The van der Waals surface area contributed by atoms with Gasteiger partial charge in [-0.05, 0) is 50.7 Å². The lowest BCUT2D eigenvalue weighted by molar-refractivity contribution is -0.143. The van der Waals surface area contributed by atoms with Crippen LogP contribution in [-0.4, -0.2) is 29.1 Å². The summed E-state index contributed by atoms with van der Waals surface area (Å²) >= 11 is 5.34. The van der Waals surface area contributed by atoms with Crippen molar-refractivity contribution in [2.75, 3.05) is 12.8 Å². The zero-order valence-electron chi connectivity index (χ0n) is 13.2. The van der Waals surface area contributed by atoms with E-state index in [9.17, 15) is 4.79 Å². The molecule has 0 saturated carbocycles. The van der Waals surface area contributed by atoms with Gasteiger partial charge in [-0.25, -0.2) is 4.79 Å². The molecule has 0 aliphatic carbocycles. The summed E-state index contributed by atoms with van der Waals surface area (Å²) in [6.45, 7) is 5.53. The van der Waals surface area contributed by atoms with Crippen molar-refractivity contribution in [3.8, 4) is 0 Å². The van der Waals surface area contributed by atoms with E-state index in [-0.39, 0.29) is 18.1 Å². The number of carbonyl (C=O) groups is 1. The van der Waals surface area contributed by atoms with E-state index in [0.717, 1.165) is 11.3 Å². The monoisotopic (exact) mass is 319 g/mol. The number of thiocarbonyl (C=S) groups is 1. The first-order valence-electron chi connectivity index (χ1n) is 7.12. The number of hydrogen-bond acceptors (Lipinski definition) is 4. The lowest BCUT2D eigenvalue weighted by Crippen LogP contribution is -2.46. The number of hydrogen-bond donors (Lipinski definition) is 2. The van der Waals surface area contributed by atoms with E-state index in [2.05, 4.69) is 5.32 Å². The van der Waals surface area contributed by atoms with Crippen molar-refractivity contribution in [2.45, 2.75) is 32.9 Å². The minimum atomic E-state index is -0.337. The third kappa shape index (κ3) is 3.22. The summed E-state index contributed by atoms with van der Waals surface area (Å²) in [6.07, 6.45) is -0.181. The normalized spacial score (nSPS) is 18.5. The fourth-order valence-electron chi connectivity index (χ4n) is 2.32. The molecule has 3 N–H and O–H groups in total. The van der Waals surface area contributed by atoms with E-state index in [0.29, 0.717) is 16.4 Å². The van der Waals surface area contributed by atoms with E-state index >= 15 is 0 Å². The maximum Gasteiger partial charge on any atom is 0.338 e. The van der Waals surface area contributed by atoms with Crippen LogP contribution in [0.1, 0.15) is 32.4 Å². The Morgan fingerprint density at radius 2 is 1.95 bits per heavy atom. The molecule has 1 aromatic carbocycles. The second-order valence-electron chi connectivity index (χ2n) is 5.56. The van der Waals surface area contributed by atoms with Crippen molar-refractivity contribution in [2.24, 2.45) is 0 Å². The average Bonchev–Trinajstić information content (AvgIpc) is 2.44. The van der Waals surface area contributed by atoms with Crippen LogP contribution >= 0.6 is 12.2 Å². The summed E-state index contributed by atoms with van der Waals surface area (Å²) in [6, 6.07) is 7.04. The fraction of sp³-hybridized carbons (Fsp3) is 0.375. The molecule has 0 fully saturated rings. The zero-order chi connectivity index (χ0) is 16.4. The summed E-state index contributed by atoms with van der Waals surface area (Å²) in [5, 5.41) is 3.76. The van der Waals surface area contributed by atoms with Crippen molar-refractivity contribution in [3.05, 3.63) is 41.1 Å². The molecule has 1 atom stereocenters. The van der Waals surface area contributed by atoms with Crippen LogP contribution in [-0.2, 0) is 9.53 Å². The first-order valence-corrected chi connectivity index (χ1v) is 7.53. The molecular weight excluding hydrogens is 298 g/mol. The van der Waals surface area contributed by atoms with Gasteiger partial charge in [-0.1, -0.05) is 12.1 Å². The number of allylic oxidation sites excluding steroid dienone is 1. The molecule has 2 rings (SSSR count). The van der Waals surface area contributed by atoms with Gasteiger partial charge in [0.15, 0.2) is 5.11 Å². The van der Waals surface area contributed by atoms with Gasteiger partial charge in [0.05, 0.1) is 17.7 Å².